The van der Waals surface area contributed by atoms with Crippen LogP contribution in [0, 0.1) is 5.82 Å². The van der Waals surface area contributed by atoms with Crippen LogP contribution >= 0.6 is 0 Å². The summed E-state index contributed by atoms with van der Waals surface area (Å²) in [4.78, 5) is 11.7. The van der Waals surface area contributed by atoms with Gasteiger partial charge in [-0.2, -0.15) is 0 Å². The highest BCUT2D eigenvalue weighted by molar-refractivity contribution is 5.77. The first-order chi connectivity index (χ1) is 10.7. The number of halogens is 1. The second-order valence-electron chi connectivity index (χ2n) is 5.76. The van der Waals surface area contributed by atoms with E-state index in [2.05, 4.69) is 16.7 Å². The molecule has 2 rings (SSSR count). The standard InChI is InChI=1S/C18H25FN2O/c19-17-8-6-16(7-9-17)11-13-21-18(22)14-20-12-10-15-4-2-1-3-5-15/h4,6-9,20H,1-3,5,10-14H2,(H,21,22). The van der Waals surface area contributed by atoms with Crippen LogP contribution in [0.5, 0.6) is 0 Å². The van der Waals surface area contributed by atoms with Gasteiger partial charge in [0.2, 0.25) is 5.91 Å². The van der Waals surface area contributed by atoms with Gasteiger partial charge in [0.05, 0.1) is 6.54 Å². The number of hydrogen-bond donors (Lipinski definition) is 2. The first-order valence-electron chi connectivity index (χ1n) is 8.14. The van der Waals surface area contributed by atoms with E-state index < -0.39 is 0 Å². The largest absolute Gasteiger partial charge is 0.355 e. The lowest BCUT2D eigenvalue weighted by Gasteiger charge is -2.13. The molecule has 1 aromatic carbocycles. The van der Waals surface area contributed by atoms with Gasteiger partial charge in [-0.05, 0) is 62.8 Å². The number of amides is 1. The van der Waals surface area contributed by atoms with Crippen LogP contribution in [0.1, 0.15) is 37.7 Å². The van der Waals surface area contributed by atoms with Crippen LogP contribution in [0.3, 0.4) is 0 Å². The topological polar surface area (TPSA) is 41.1 Å². The Morgan fingerprint density at radius 3 is 2.64 bits per heavy atom. The highest BCUT2D eigenvalue weighted by Gasteiger charge is 2.04. The third-order valence-electron chi connectivity index (χ3n) is 3.94. The minimum atomic E-state index is -0.231. The average Bonchev–Trinajstić information content (AvgIpc) is 2.54. The molecule has 0 saturated heterocycles. The smallest absolute Gasteiger partial charge is 0.233 e. The highest BCUT2D eigenvalue weighted by Crippen LogP contribution is 2.19. The third kappa shape index (κ3) is 6.39. The summed E-state index contributed by atoms with van der Waals surface area (Å²) in [5.41, 5.74) is 2.55. The van der Waals surface area contributed by atoms with Crippen LogP contribution in [0.4, 0.5) is 4.39 Å². The molecule has 1 aromatic rings. The van der Waals surface area contributed by atoms with Crippen molar-refractivity contribution in [3.05, 3.63) is 47.3 Å². The number of allylic oxidation sites excluding steroid dienone is 1. The van der Waals surface area contributed by atoms with Gasteiger partial charge in [-0.1, -0.05) is 23.8 Å². The number of benzene rings is 1. The molecule has 2 N–H and O–H groups in total. The fourth-order valence-corrected chi connectivity index (χ4v) is 2.64. The van der Waals surface area contributed by atoms with Gasteiger partial charge < -0.3 is 10.6 Å². The molecule has 1 aliphatic rings. The highest BCUT2D eigenvalue weighted by atomic mass is 19.1. The molecule has 0 saturated carbocycles. The SMILES string of the molecule is O=C(CNCCC1=CCCCC1)NCCc1ccc(F)cc1. The summed E-state index contributed by atoms with van der Waals surface area (Å²) in [6.07, 6.45) is 9.14. The minimum Gasteiger partial charge on any atom is -0.355 e. The first kappa shape index (κ1) is 16.7. The molecule has 0 heterocycles. The molecule has 1 amide bonds. The van der Waals surface area contributed by atoms with Crippen LogP contribution in [0.25, 0.3) is 0 Å². The predicted molar refractivity (Wildman–Crippen MR) is 87.2 cm³/mol. The van der Waals surface area contributed by atoms with Crippen molar-refractivity contribution < 1.29 is 9.18 Å². The van der Waals surface area contributed by atoms with Crippen molar-refractivity contribution in [2.24, 2.45) is 0 Å². The van der Waals surface area contributed by atoms with E-state index in [0.29, 0.717) is 13.1 Å². The van der Waals surface area contributed by atoms with Crippen molar-refractivity contribution in [3.63, 3.8) is 0 Å². The number of nitrogens with one attached hydrogen (secondary N) is 2. The third-order valence-corrected chi connectivity index (χ3v) is 3.94. The van der Waals surface area contributed by atoms with Gasteiger partial charge in [0.15, 0.2) is 0 Å². The van der Waals surface area contributed by atoms with E-state index in [1.165, 1.54) is 43.4 Å². The Bertz CT molecular complexity index is 496. The van der Waals surface area contributed by atoms with Crippen molar-refractivity contribution in [3.8, 4) is 0 Å². The quantitative estimate of drug-likeness (QED) is 0.573. The van der Waals surface area contributed by atoms with E-state index in [9.17, 15) is 9.18 Å². The monoisotopic (exact) mass is 304 g/mol. The molecule has 120 valence electrons. The van der Waals surface area contributed by atoms with Crippen LogP contribution in [-0.4, -0.2) is 25.5 Å². The predicted octanol–water partition coefficient (Wildman–Crippen LogP) is 2.96. The fourth-order valence-electron chi connectivity index (χ4n) is 2.64. The summed E-state index contributed by atoms with van der Waals surface area (Å²) in [6, 6.07) is 6.38. The van der Waals surface area contributed by atoms with Crippen molar-refractivity contribution >= 4 is 5.91 Å². The summed E-state index contributed by atoms with van der Waals surface area (Å²) in [5, 5.41) is 6.06. The summed E-state index contributed by atoms with van der Waals surface area (Å²) in [5.74, 6) is -0.218. The van der Waals surface area contributed by atoms with Crippen molar-refractivity contribution in [1.82, 2.24) is 10.6 Å². The first-order valence-corrected chi connectivity index (χ1v) is 8.14. The molecular formula is C18H25FN2O. The molecule has 0 aromatic heterocycles. The maximum absolute atomic E-state index is 12.8. The van der Waals surface area contributed by atoms with Gasteiger partial charge in [0, 0.05) is 6.54 Å². The van der Waals surface area contributed by atoms with Gasteiger partial charge in [-0.25, -0.2) is 4.39 Å². The molecule has 0 aliphatic heterocycles. The van der Waals surface area contributed by atoms with Crippen LogP contribution in [0.15, 0.2) is 35.9 Å². The lowest BCUT2D eigenvalue weighted by Crippen LogP contribution is -2.35. The van der Waals surface area contributed by atoms with E-state index in [4.69, 9.17) is 0 Å². The maximum Gasteiger partial charge on any atom is 0.233 e. The van der Waals surface area contributed by atoms with Gasteiger partial charge in [0.25, 0.3) is 0 Å². The Morgan fingerprint density at radius 2 is 1.91 bits per heavy atom. The zero-order chi connectivity index (χ0) is 15.6. The molecule has 0 atom stereocenters. The van der Waals surface area contributed by atoms with Crippen molar-refractivity contribution in [2.75, 3.05) is 19.6 Å². The average molecular weight is 304 g/mol. The minimum absolute atomic E-state index is 0.0136. The molecular weight excluding hydrogens is 279 g/mol. The van der Waals surface area contributed by atoms with E-state index in [-0.39, 0.29) is 11.7 Å². The summed E-state index contributed by atoms with van der Waals surface area (Å²) in [6.45, 7) is 1.80. The van der Waals surface area contributed by atoms with Crippen LogP contribution < -0.4 is 10.6 Å². The zero-order valence-electron chi connectivity index (χ0n) is 13.0. The van der Waals surface area contributed by atoms with E-state index >= 15 is 0 Å². The Balaban J connectivity index is 1.52. The Kier molecular flexibility index (Phi) is 7.10. The van der Waals surface area contributed by atoms with Gasteiger partial charge in [-0.3, -0.25) is 4.79 Å². The number of hydrogen-bond acceptors (Lipinski definition) is 2. The van der Waals surface area contributed by atoms with Crippen molar-refractivity contribution in [2.45, 2.75) is 38.5 Å². The lowest BCUT2D eigenvalue weighted by atomic mass is 9.97. The molecule has 0 bridgehead atoms. The fraction of sp³-hybridized carbons (Fsp3) is 0.500. The van der Waals surface area contributed by atoms with E-state index in [1.807, 2.05) is 0 Å². The lowest BCUT2D eigenvalue weighted by molar-refractivity contribution is -0.120. The number of rotatable bonds is 8. The number of carbonyl (C=O) groups is 1. The molecule has 3 nitrogen and oxygen atoms in total. The molecule has 0 unspecified atom stereocenters. The van der Waals surface area contributed by atoms with Crippen LogP contribution in [-0.2, 0) is 11.2 Å². The zero-order valence-corrected chi connectivity index (χ0v) is 13.0. The molecule has 4 heteroatoms. The number of carbonyl (C=O) groups excluding carboxylic acids is 1. The van der Waals surface area contributed by atoms with Gasteiger partial charge >= 0.3 is 0 Å². The second-order valence-corrected chi connectivity index (χ2v) is 5.76. The summed E-state index contributed by atoms with van der Waals surface area (Å²) in [7, 11) is 0. The normalized spacial score (nSPS) is 14.5. The summed E-state index contributed by atoms with van der Waals surface area (Å²) < 4.78 is 12.8. The summed E-state index contributed by atoms with van der Waals surface area (Å²) >= 11 is 0. The molecule has 0 spiro atoms. The van der Waals surface area contributed by atoms with E-state index in [0.717, 1.165) is 24.9 Å². The molecule has 22 heavy (non-hydrogen) atoms. The Labute approximate surface area is 132 Å². The van der Waals surface area contributed by atoms with Crippen LogP contribution in [0.2, 0.25) is 0 Å². The van der Waals surface area contributed by atoms with Gasteiger partial charge in [0.1, 0.15) is 5.82 Å². The Morgan fingerprint density at radius 1 is 1.09 bits per heavy atom. The Hall–Kier alpha value is -1.68. The van der Waals surface area contributed by atoms with Crippen molar-refractivity contribution in [1.29, 1.82) is 0 Å². The molecule has 0 radical (unpaired) electrons. The van der Waals surface area contributed by atoms with Gasteiger partial charge in [-0.15, -0.1) is 0 Å². The van der Waals surface area contributed by atoms with E-state index in [1.54, 1.807) is 12.1 Å². The second kappa shape index (κ2) is 9.36. The molecule has 1 aliphatic carbocycles. The molecule has 0 fully saturated rings. The maximum atomic E-state index is 12.8.